The Morgan fingerprint density at radius 3 is 1.92 bits per heavy atom. The first-order valence-electron chi connectivity index (χ1n) is 8.90. The first-order chi connectivity index (χ1) is 12.7. The minimum Gasteiger partial charge on any atom is -0.0984 e. The van der Waals surface area contributed by atoms with Crippen LogP contribution < -0.4 is 10.4 Å². The zero-order valence-corrected chi connectivity index (χ0v) is 15.5. The third-order valence-electron chi connectivity index (χ3n) is 4.84. The Morgan fingerprint density at radius 2 is 1.38 bits per heavy atom. The lowest BCUT2D eigenvalue weighted by Gasteiger charge is -2.13. The van der Waals surface area contributed by atoms with Gasteiger partial charge in [0.05, 0.1) is 0 Å². The van der Waals surface area contributed by atoms with Crippen LogP contribution in [0.5, 0.6) is 0 Å². The molecule has 3 rings (SSSR count). The monoisotopic (exact) mass is 336 g/mol. The lowest BCUT2D eigenvalue weighted by atomic mass is 9.91. The molecule has 3 aromatic rings. The largest absolute Gasteiger partial charge is 0.0984 e. The van der Waals surface area contributed by atoms with Gasteiger partial charge in [0.25, 0.3) is 0 Å². The van der Waals surface area contributed by atoms with Crippen LogP contribution in [0, 0.1) is 6.92 Å². The Kier molecular flexibility index (Phi) is 5.34. The van der Waals surface area contributed by atoms with Gasteiger partial charge >= 0.3 is 0 Å². The zero-order chi connectivity index (χ0) is 18.5. The molecule has 0 unspecified atom stereocenters. The Balaban J connectivity index is 2.24. The van der Waals surface area contributed by atoms with Gasteiger partial charge in [-0.05, 0) is 57.7 Å². The van der Waals surface area contributed by atoms with E-state index >= 15 is 0 Å². The van der Waals surface area contributed by atoms with Crippen LogP contribution in [0.15, 0.2) is 91.5 Å². The highest BCUT2D eigenvalue weighted by atomic mass is 14.1. The maximum atomic E-state index is 4.39. The lowest BCUT2D eigenvalue weighted by molar-refractivity contribution is 1.33. The summed E-state index contributed by atoms with van der Waals surface area (Å²) in [6.07, 6.45) is 4.10. The molecule has 0 fully saturated rings. The van der Waals surface area contributed by atoms with Crippen molar-refractivity contribution in [3.63, 3.8) is 0 Å². The summed E-state index contributed by atoms with van der Waals surface area (Å²) in [6.45, 7) is 12.7. The molecule has 0 amide bonds. The Labute approximate surface area is 156 Å². The molecular formula is C26H24. The molecule has 0 aromatic heterocycles. The molecule has 0 nitrogen and oxygen atoms in total. The van der Waals surface area contributed by atoms with Crippen LogP contribution in [-0.2, 0) is 0 Å². The summed E-state index contributed by atoms with van der Waals surface area (Å²) in [5, 5.41) is 2.19. The quantitative estimate of drug-likeness (QED) is 0.611. The highest BCUT2D eigenvalue weighted by Crippen LogP contribution is 2.24. The lowest BCUT2D eigenvalue weighted by Crippen LogP contribution is -2.29. The third kappa shape index (κ3) is 3.32. The van der Waals surface area contributed by atoms with Crippen LogP contribution in [0.3, 0.4) is 0 Å². The van der Waals surface area contributed by atoms with Crippen LogP contribution >= 0.6 is 0 Å². The van der Waals surface area contributed by atoms with E-state index in [1.165, 1.54) is 22.3 Å². The molecule has 0 saturated heterocycles. The fraction of sp³-hybridized carbons (Fsp3) is 0.0769. The molecule has 0 aliphatic heterocycles. The van der Waals surface area contributed by atoms with Crippen LogP contribution in [0.4, 0.5) is 0 Å². The van der Waals surface area contributed by atoms with Gasteiger partial charge in [0.2, 0.25) is 0 Å². The minimum absolute atomic E-state index is 1.05. The number of hydrogen-bond donors (Lipinski definition) is 0. The highest BCUT2D eigenvalue weighted by molar-refractivity contribution is 5.82. The van der Waals surface area contributed by atoms with E-state index in [-0.39, 0.29) is 0 Å². The predicted molar refractivity (Wildman–Crippen MR) is 114 cm³/mol. The van der Waals surface area contributed by atoms with Crippen LogP contribution in [0.25, 0.3) is 17.7 Å². The van der Waals surface area contributed by atoms with E-state index in [2.05, 4.69) is 93.7 Å². The van der Waals surface area contributed by atoms with E-state index < -0.39 is 0 Å². The molecule has 0 spiro atoms. The van der Waals surface area contributed by atoms with Crippen molar-refractivity contribution in [2.75, 3.05) is 0 Å². The van der Waals surface area contributed by atoms with Crippen LogP contribution in [0.1, 0.15) is 29.2 Å². The van der Waals surface area contributed by atoms with Gasteiger partial charge in [0.15, 0.2) is 0 Å². The molecule has 0 heterocycles. The van der Waals surface area contributed by atoms with Crippen LogP contribution in [-0.4, -0.2) is 0 Å². The maximum absolute atomic E-state index is 4.39. The van der Waals surface area contributed by atoms with Gasteiger partial charge in [-0.15, -0.1) is 0 Å². The van der Waals surface area contributed by atoms with Gasteiger partial charge in [-0.1, -0.05) is 98.1 Å². The van der Waals surface area contributed by atoms with Crippen molar-refractivity contribution >= 4 is 17.7 Å². The average Bonchev–Trinajstić information content (AvgIpc) is 2.69. The zero-order valence-electron chi connectivity index (χ0n) is 15.5. The van der Waals surface area contributed by atoms with Gasteiger partial charge in [0.1, 0.15) is 0 Å². The van der Waals surface area contributed by atoms with E-state index in [0.29, 0.717) is 0 Å². The van der Waals surface area contributed by atoms with Crippen molar-refractivity contribution in [3.05, 3.63) is 124 Å². The van der Waals surface area contributed by atoms with Crippen molar-refractivity contribution in [2.45, 2.75) is 13.8 Å². The van der Waals surface area contributed by atoms with Gasteiger partial charge in [0, 0.05) is 0 Å². The normalized spacial score (nSPS) is 12.6. The SMILES string of the molecule is C=CC(c1ccccc1)=c1ccc(C(=CC)c2ccccc2)c(C)c1=C. The molecular weight excluding hydrogens is 312 g/mol. The molecule has 0 bridgehead atoms. The van der Waals surface area contributed by atoms with Crippen molar-refractivity contribution in [1.29, 1.82) is 0 Å². The highest BCUT2D eigenvalue weighted by Gasteiger charge is 2.09. The fourth-order valence-corrected chi connectivity index (χ4v) is 3.40. The van der Waals surface area contributed by atoms with Crippen molar-refractivity contribution in [2.24, 2.45) is 0 Å². The van der Waals surface area contributed by atoms with Gasteiger partial charge in [-0.2, -0.15) is 0 Å². The number of hydrogen-bond acceptors (Lipinski definition) is 0. The molecule has 0 aliphatic carbocycles. The molecule has 0 heteroatoms. The van der Waals surface area contributed by atoms with Crippen molar-refractivity contribution in [3.8, 4) is 0 Å². The second kappa shape index (κ2) is 7.84. The molecule has 0 atom stereocenters. The third-order valence-corrected chi connectivity index (χ3v) is 4.84. The molecule has 0 saturated carbocycles. The Hall–Kier alpha value is -3.12. The van der Waals surface area contributed by atoms with Crippen LogP contribution in [0.2, 0.25) is 0 Å². The first-order valence-corrected chi connectivity index (χ1v) is 8.90. The molecule has 0 radical (unpaired) electrons. The summed E-state index contributed by atoms with van der Waals surface area (Å²) in [7, 11) is 0. The molecule has 3 aromatic carbocycles. The van der Waals surface area contributed by atoms with Crippen molar-refractivity contribution in [1.82, 2.24) is 0 Å². The number of benzene rings is 3. The van der Waals surface area contributed by atoms with E-state index in [4.69, 9.17) is 0 Å². The number of allylic oxidation sites excluding steroid dienone is 2. The summed E-state index contributed by atoms with van der Waals surface area (Å²) in [6, 6.07) is 25.2. The molecule has 0 aliphatic rings. The standard InChI is InChI=1S/C26H24/c1-5-23(21-13-9-7-10-14-21)25-17-18-26(20(4)19(25)3)24(6-2)22-15-11-8-12-16-22/h5-18H,1,3H2,2,4H3. The predicted octanol–water partition coefficient (Wildman–Crippen LogP) is 5.24. The Bertz CT molecular complexity index is 1050. The number of rotatable bonds is 4. The smallest absolute Gasteiger partial charge is 0.0108 e. The summed E-state index contributed by atoms with van der Waals surface area (Å²) < 4.78 is 0. The summed E-state index contributed by atoms with van der Waals surface area (Å²) in [5.41, 5.74) is 7.17. The fourth-order valence-electron chi connectivity index (χ4n) is 3.40. The Morgan fingerprint density at radius 1 is 0.808 bits per heavy atom. The molecule has 26 heavy (non-hydrogen) atoms. The van der Waals surface area contributed by atoms with E-state index in [9.17, 15) is 0 Å². The summed E-state index contributed by atoms with van der Waals surface area (Å²) in [4.78, 5) is 0. The second-order valence-electron chi connectivity index (χ2n) is 6.32. The molecule has 0 N–H and O–H groups in total. The topological polar surface area (TPSA) is 0 Å². The molecule has 128 valence electrons. The minimum atomic E-state index is 1.05. The van der Waals surface area contributed by atoms with Gasteiger partial charge < -0.3 is 0 Å². The van der Waals surface area contributed by atoms with E-state index in [1.54, 1.807) is 0 Å². The second-order valence-corrected chi connectivity index (χ2v) is 6.32. The van der Waals surface area contributed by atoms with Crippen molar-refractivity contribution < 1.29 is 0 Å². The van der Waals surface area contributed by atoms with Gasteiger partial charge in [-0.3, -0.25) is 0 Å². The van der Waals surface area contributed by atoms with E-state index in [1.807, 2.05) is 18.2 Å². The van der Waals surface area contributed by atoms with E-state index in [0.717, 1.165) is 21.6 Å². The maximum Gasteiger partial charge on any atom is -0.0108 e. The first kappa shape index (κ1) is 17.7. The average molecular weight is 336 g/mol. The van der Waals surface area contributed by atoms with Gasteiger partial charge in [-0.25, -0.2) is 0 Å². The summed E-state index contributed by atoms with van der Waals surface area (Å²) in [5.74, 6) is 0. The summed E-state index contributed by atoms with van der Waals surface area (Å²) >= 11 is 0.